The highest BCUT2D eigenvalue weighted by Crippen LogP contribution is 2.41. The molecule has 1 heterocycles. The molecular formula is C22H21ClFNO5. The Balaban J connectivity index is 2.19. The molecule has 0 bridgehead atoms. The number of methoxy groups -OCH3 is 2. The van der Waals surface area contributed by atoms with Gasteiger partial charge in [-0.1, -0.05) is 29.8 Å². The van der Waals surface area contributed by atoms with Crippen molar-refractivity contribution in [3.8, 4) is 5.75 Å². The quantitative estimate of drug-likeness (QED) is 0.310. The number of nitrogens with zero attached hydrogens (tertiary/aromatic N) is 1. The van der Waals surface area contributed by atoms with Crippen LogP contribution in [0.2, 0.25) is 5.02 Å². The van der Waals surface area contributed by atoms with Gasteiger partial charge in [0.1, 0.15) is 17.3 Å². The standard InChI is InChI=1S/C22H21ClFNO5/c1-29-11-5-10-25-19(14-6-3-4-7-17(14)24)18(21(27)22(25)28)20(26)15-12-13(30-2)8-9-16(15)23/h3-4,6-9,12,19,26H,5,10-11H2,1-2H3/b20-18+. The summed E-state index contributed by atoms with van der Waals surface area (Å²) in [5.41, 5.74) is -0.000368. The van der Waals surface area contributed by atoms with Gasteiger partial charge in [0.05, 0.1) is 23.7 Å². The smallest absolute Gasteiger partial charge is 0.295 e. The lowest BCUT2D eigenvalue weighted by Gasteiger charge is -2.25. The van der Waals surface area contributed by atoms with Crippen LogP contribution in [0, 0.1) is 5.82 Å². The lowest BCUT2D eigenvalue weighted by Crippen LogP contribution is -2.31. The number of halogens is 2. The van der Waals surface area contributed by atoms with Gasteiger partial charge >= 0.3 is 0 Å². The fraction of sp³-hybridized carbons (Fsp3) is 0.273. The van der Waals surface area contributed by atoms with E-state index in [-0.39, 0.29) is 28.3 Å². The van der Waals surface area contributed by atoms with Gasteiger partial charge in [-0.15, -0.1) is 0 Å². The third-order valence-corrected chi connectivity index (χ3v) is 5.25. The second-order valence-corrected chi connectivity index (χ2v) is 7.11. The number of benzene rings is 2. The second kappa shape index (κ2) is 9.28. The summed E-state index contributed by atoms with van der Waals surface area (Å²) in [5.74, 6) is -2.40. The molecule has 1 fully saturated rings. The zero-order valence-corrected chi connectivity index (χ0v) is 17.3. The summed E-state index contributed by atoms with van der Waals surface area (Å²) in [6.45, 7) is 0.509. The van der Waals surface area contributed by atoms with E-state index in [4.69, 9.17) is 21.1 Å². The molecule has 158 valence electrons. The number of aliphatic hydroxyl groups excluding tert-OH is 1. The molecule has 1 unspecified atom stereocenters. The van der Waals surface area contributed by atoms with Gasteiger partial charge in [-0.05, 0) is 30.7 Å². The first kappa shape index (κ1) is 21.8. The summed E-state index contributed by atoms with van der Waals surface area (Å²) in [5, 5.41) is 11.2. The number of aliphatic hydroxyl groups is 1. The Kier molecular flexibility index (Phi) is 6.74. The molecule has 1 aliphatic heterocycles. The van der Waals surface area contributed by atoms with Crippen molar-refractivity contribution >= 4 is 29.1 Å². The minimum Gasteiger partial charge on any atom is -0.507 e. The first-order valence-corrected chi connectivity index (χ1v) is 9.64. The number of carbonyl (C=O) groups is 2. The number of carbonyl (C=O) groups excluding carboxylic acids is 2. The lowest BCUT2D eigenvalue weighted by molar-refractivity contribution is -0.140. The van der Waals surface area contributed by atoms with Gasteiger partial charge in [-0.3, -0.25) is 9.59 Å². The minimum atomic E-state index is -1.09. The highest BCUT2D eigenvalue weighted by Gasteiger charge is 2.46. The Labute approximate surface area is 178 Å². The molecule has 2 aromatic rings. The van der Waals surface area contributed by atoms with Crippen LogP contribution in [-0.2, 0) is 14.3 Å². The van der Waals surface area contributed by atoms with E-state index in [0.29, 0.717) is 18.8 Å². The van der Waals surface area contributed by atoms with Crippen LogP contribution >= 0.6 is 11.6 Å². The van der Waals surface area contributed by atoms with Gasteiger partial charge in [-0.25, -0.2) is 4.39 Å². The normalized spacial score (nSPS) is 18.1. The molecule has 1 N–H and O–H groups in total. The van der Waals surface area contributed by atoms with Crippen LogP contribution in [0.5, 0.6) is 5.75 Å². The van der Waals surface area contributed by atoms with Crippen molar-refractivity contribution in [2.24, 2.45) is 0 Å². The monoisotopic (exact) mass is 433 g/mol. The van der Waals surface area contributed by atoms with Crippen LogP contribution < -0.4 is 4.74 Å². The number of amides is 1. The fourth-order valence-electron chi connectivity index (χ4n) is 3.47. The van der Waals surface area contributed by atoms with Crippen molar-refractivity contribution in [3.63, 3.8) is 0 Å². The Morgan fingerprint density at radius 3 is 2.60 bits per heavy atom. The SMILES string of the molecule is COCCCN1C(=O)C(=O)/C(=C(/O)c2cc(OC)ccc2Cl)C1c1ccccc1F. The van der Waals surface area contributed by atoms with Gasteiger partial charge in [-0.2, -0.15) is 0 Å². The molecule has 0 aromatic heterocycles. The largest absolute Gasteiger partial charge is 0.507 e. The summed E-state index contributed by atoms with van der Waals surface area (Å²) in [7, 11) is 2.97. The van der Waals surface area contributed by atoms with Crippen LogP contribution in [0.1, 0.15) is 23.6 Å². The van der Waals surface area contributed by atoms with Crippen LogP contribution in [0.4, 0.5) is 4.39 Å². The van der Waals surface area contributed by atoms with Gasteiger partial charge < -0.3 is 19.5 Å². The number of rotatable bonds is 7. The van der Waals surface area contributed by atoms with Crippen LogP contribution in [0.15, 0.2) is 48.0 Å². The molecule has 6 nitrogen and oxygen atoms in total. The molecule has 1 aliphatic rings. The Morgan fingerprint density at radius 2 is 1.93 bits per heavy atom. The van der Waals surface area contributed by atoms with Crippen LogP contribution in [0.3, 0.4) is 0 Å². The van der Waals surface area contributed by atoms with E-state index >= 15 is 0 Å². The number of hydrogen-bond acceptors (Lipinski definition) is 5. The molecule has 30 heavy (non-hydrogen) atoms. The summed E-state index contributed by atoms with van der Waals surface area (Å²) in [4.78, 5) is 26.9. The predicted molar refractivity (Wildman–Crippen MR) is 110 cm³/mol. The zero-order valence-electron chi connectivity index (χ0n) is 16.5. The molecular weight excluding hydrogens is 413 g/mol. The molecule has 0 aliphatic carbocycles. The fourth-order valence-corrected chi connectivity index (χ4v) is 3.68. The summed E-state index contributed by atoms with van der Waals surface area (Å²) in [6.07, 6.45) is 0.439. The minimum absolute atomic E-state index is 0.106. The topological polar surface area (TPSA) is 76.1 Å². The summed E-state index contributed by atoms with van der Waals surface area (Å²) >= 11 is 6.22. The third kappa shape index (κ3) is 4.04. The second-order valence-electron chi connectivity index (χ2n) is 6.71. The van der Waals surface area contributed by atoms with Gasteiger partial charge in [0.2, 0.25) is 0 Å². The first-order valence-electron chi connectivity index (χ1n) is 9.26. The van der Waals surface area contributed by atoms with Gasteiger partial charge in [0.15, 0.2) is 0 Å². The molecule has 2 aromatic carbocycles. The van der Waals surface area contributed by atoms with Crippen molar-refractivity contribution in [1.82, 2.24) is 4.90 Å². The molecule has 3 rings (SSSR count). The van der Waals surface area contributed by atoms with Crippen molar-refractivity contribution in [2.75, 3.05) is 27.4 Å². The van der Waals surface area contributed by atoms with E-state index in [2.05, 4.69) is 0 Å². The lowest BCUT2D eigenvalue weighted by atomic mass is 9.94. The highest BCUT2D eigenvalue weighted by atomic mass is 35.5. The Bertz CT molecular complexity index is 1010. The molecule has 0 saturated carbocycles. The van der Waals surface area contributed by atoms with E-state index in [1.807, 2.05) is 0 Å². The maximum Gasteiger partial charge on any atom is 0.295 e. The van der Waals surface area contributed by atoms with E-state index < -0.39 is 29.3 Å². The Morgan fingerprint density at radius 1 is 1.20 bits per heavy atom. The molecule has 0 spiro atoms. The Hall–Kier alpha value is -2.90. The molecule has 1 atom stereocenters. The summed E-state index contributed by atoms with van der Waals surface area (Å²) in [6, 6.07) is 9.29. The highest BCUT2D eigenvalue weighted by molar-refractivity contribution is 6.47. The average molecular weight is 434 g/mol. The number of ketones is 1. The maximum atomic E-state index is 14.7. The number of likely N-dealkylation sites (tertiary alicyclic amines) is 1. The van der Waals surface area contributed by atoms with Crippen molar-refractivity contribution in [3.05, 3.63) is 70.0 Å². The van der Waals surface area contributed by atoms with E-state index in [1.165, 1.54) is 49.5 Å². The number of hydrogen-bond donors (Lipinski definition) is 1. The van der Waals surface area contributed by atoms with Gasteiger partial charge in [0, 0.05) is 31.4 Å². The maximum absolute atomic E-state index is 14.7. The number of ether oxygens (including phenoxy) is 2. The number of Topliss-reactive ketones (excluding diaryl/α,β-unsaturated/α-hetero) is 1. The third-order valence-electron chi connectivity index (χ3n) is 4.92. The van der Waals surface area contributed by atoms with Crippen molar-refractivity contribution < 1.29 is 28.6 Å². The van der Waals surface area contributed by atoms with Crippen molar-refractivity contribution in [2.45, 2.75) is 12.5 Å². The van der Waals surface area contributed by atoms with Crippen molar-refractivity contribution in [1.29, 1.82) is 0 Å². The zero-order chi connectivity index (χ0) is 21.8. The predicted octanol–water partition coefficient (Wildman–Crippen LogP) is 3.95. The molecule has 1 saturated heterocycles. The van der Waals surface area contributed by atoms with Crippen LogP contribution in [0.25, 0.3) is 5.76 Å². The molecule has 0 radical (unpaired) electrons. The van der Waals surface area contributed by atoms with E-state index in [0.717, 1.165) is 0 Å². The van der Waals surface area contributed by atoms with Gasteiger partial charge in [0.25, 0.3) is 11.7 Å². The molecule has 1 amide bonds. The van der Waals surface area contributed by atoms with Crippen LogP contribution in [-0.4, -0.2) is 49.1 Å². The van der Waals surface area contributed by atoms with E-state index in [1.54, 1.807) is 12.1 Å². The van der Waals surface area contributed by atoms with E-state index in [9.17, 15) is 19.1 Å². The summed E-state index contributed by atoms with van der Waals surface area (Å²) < 4.78 is 24.9. The molecule has 8 heteroatoms. The first-order chi connectivity index (χ1) is 14.4. The average Bonchev–Trinajstić information content (AvgIpc) is 2.99.